The van der Waals surface area contributed by atoms with Gasteiger partial charge in [-0.05, 0) is 130 Å². The number of benzene rings is 6. The predicted molar refractivity (Wildman–Crippen MR) is 196 cm³/mol. The van der Waals surface area contributed by atoms with Gasteiger partial charge < -0.3 is 0 Å². The number of hydrogen-bond donors (Lipinski definition) is 0. The number of rotatable bonds is 9. The van der Waals surface area contributed by atoms with Crippen molar-refractivity contribution in [2.45, 2.75) is 39.3 Å². The summed E-state index contributed by atoms with van der Waals surface area (Å²) in [5.74, 6) is 0. The highest BCUT2D eigenvalue weighted by molar-refractivity contribution is 6.89. The summed E-state index contributed by atoms with van der Waals surface area (Å²) in [7, 11) is -2.52. The van der Waals surface area contributed by atoms with Crippen molar-refractivity contribution in [1.82, 2.24) is 0 Å². The molecule has 0 unspecified atom stereocenters. The molecule has 0 N–H and O–H groups in total. The summed E-state index contributed by atoms with van der Waals surface area (Å²) in [4.78, 5) is 0. The van der Waals surface area contributed by atoms with Crippen LogP contribution in [0.4, 0.5) is 0 Å². The Morgan fingerprint density at radius 1 is 0.261 bits per heavy atom. The topological polar surface area (TPSA) is 0 Å². The lowest BCUT2D eigenvalue weighted by Crippen LogP contribution is -3.61. The zero-order valence-electron chi connectivity index (χ0n) is 27.6. The first kappa shape index (κ1) is 33.1. The van der Waals surface area contributed by atoms with Crippen molar-refractivity contribution < 1.29 is 42.4 Å². The minimum Gasteiger partial charge on any atom is -0.0656 e. The van der Waals surface area contributed by atoms with Gasteiger partial charge in [-0.2, -0.15) is 0 Å². The van der Waals surface area contributed by atoms with Crippen LogP contribution < -0.4 is 52.8 Å². The zero-order chi connectivity index (χ0) is 32.3. The van der Waals surface area contributed by atoms with Gasteiger partial charge in [0, 0.05) is 0 Å². The van der Waals surface area contributed by atoms with E-state index in [0.29, 0.717) is 0 Å². The maximum Gasteiger partial charge on any atom is 0.357 e. The molecule has 0 saturated carbocycles. The minimum absolute atomic E-state index is 0.205. The SMILES string of the molecule is C[Si](C)(C)c1ccc(-c2ccc([I+]c3ccc(-c4ccc([I+]c5ccc(-c6ccc([Si](C)(C)C)cc6)cc5)cc4)cc3)cc2)cc1. The van der Waals surface area contributed by atoms with Crippen LogP contribution >= 0.6 is 0 Å². The lowest BCUT2D eigenvalue weighted by molar-refractivity contribution is -0.597. The van der Waals surface area contributed by atoms with Crippen LogP contribution in [0.3, 0.4) is 0 Å². The largest absolute Gasteiger partial charge is 0.357 e. The first-order valence-electron chi connectivity index (χ1n) is 15.9. The number of hydrogen-bond acceptors (Lipinski definition) is 0. The summed E-state index contributed by atoms with van der Waals surface area (Å²) in [5, 5.41) is 3.03. The van der Waals surface area contributed by atoms with Crippen molar-refractivity contribution in [2.24, 2.45) is 0 Å². The lowest BCUT2D eigenvalue weighted by atomic mass is 10.1. The molecule has 0 spiro atoms. The van der Waals surface area contributed by atoms with E-state index in [-0.39, 0.29) is 42.4 Å². The molecule has 0 aliphatic rings. The molecule has 6 rings (SSSR count). The van der Waals surface area contributed by atoms with Gasteiger partial charge in [0.1, 0.15) is 0 Å². The molecule has 0 atom stereocenters. The van der Waals surface area contributed by atoms with Crippen LogP contribution in [0.15, 0.2) is 146 Å². The van der Waals surface area contributed by atoms with Gasteiger partial charge in [-0.15, -0.1) is 0 Å². The van der Waals surface area contributed by atoms with E-state index >= 15 is 0 Å². The van der Waals surface area contributed by atoms with Crippen LogP contribution in [0.1, 0.15) is 0 Å². The Morgan fingerprint density at radius 3 is 0.609 bits per heavy atom. The molecule has 4 heteroatoms. The van der Waals surface area contributed by atoms with E-state index in [9.17, 15) is 0 Å². The number of halogens is 2. The summed E-state index contributed by atoms with van der Waals surface area (Å²) < 4.78 is 5.81. The van der Waals surface area contributed by atoms with Crippen molar-refractivity contribution >= 4 is 26.5 Å². The van der Waals surface area contributed by atoms with Crippen LogP contribution in [0.25, 0.3) is 33.4 Å². The summed E-state index contributed by atoms with van der Waals surface area (Å²) >= 11 is -0.410. The molecule has 0 heterocycles. The Kier molecular flexibility index (Phi) is 10.2. The highest BCUT2D eigenvalue weighted by Gasteiger charge is 2.19. The second-order valence-electron chi connectivity index (χ2n) is 13.9. The van der Waals surface area contributed by atoms with Gasteiger partial charge in [0.2, 0.25) is 0 Å². The predicted octanol–water partition coefficient (Wildman–Crippen LogP) is 4.03. The fourth-order valence-corrected chi connectivity index (χ4v) is 12.0. The first-order valence-corrected chi connectivity index (χ1v) is 27.2. The van der Waals surface area contributed by atoms with Gasteiger partial charge in [0.25, 0.3) is 0 Å². The summed E-state index contributed by atoms with van der Waals surface area (Å²) in [6.45, 7) is 14.4. The molecule has 0 aliphatic heterocycles. The highest BCUT2D eigenvalue weighted by atomic mass is 127. The van der Waals surface area contributed by atoms with E-state index in [0.717, 1.165) is 0 Å². The van der Waals surface area contributed by atoms with E-state index in [2.05, 4.69) is 185 Å². The molecule has 0 fully saturated rings. The van der Waals surface area contributed by atoms with E-state index in [4.69, 9.17) is 0 Å². The second kappa shape index (κ2) is 14.1. The molecule has 0 radical (unpaired) electrons. The molecule has 0 amide bonds. The standard InChI is InChI=1S/C42H42I2Si2/c1-45(2,3)41-27-15-35(16-28-41)33-11-23-39(24-12-33)43-37-19-7-31(8-20-37)32-9-21-38(22-10-32)44-40-25-13-34(14-26-40)36-17-29-42(30-18-36)46(4,5)6/h7-30H,1-6H3/q+2. The third-order valence-corrected chi connectivity index (χ3v) is 17.8. The average molecular weight is 857 g/mol. The third kappa shape index (κ3) is 8.37. The minimum atomic E-state index is -1.26. The second-order valence-corrected chi connectivity index (χ2v) is 30.1. The summed E-state index contributed by atoms with van der Waals surface area (Å²) in [6.07, 6.45) is 0. The molecule has 0 nitrogen and oxygen atoms in total. The molecule has 46 heavy (non-hydrogen) atoms. The summed E-state index contributed by atoms with van der Waals surface area (Å²) in [6, 6.07) is 55.4. The average Bonchev–Trinajstić information content (AvgIpc) is 3.06. The Bertz CT molecular complexity index is 1730. The van der Waals surface area contributed by atoms with Crippen molar-refractivity contribution in [3.05, 3.63) is 160 Å². The highest BCUT2D eigenvalue weighted by Crippen LogP contribution is 2.20. The van der Waals surface area contributed by atoms with Crippen molar-refractivity contribution in [3.8, 4) is 33.4 Å². The molecule has 0 aliphatic carbocycles. The van der Waals surface area contributed by atoms with Gasteiger partial charge in [0.15, 0.2) is 14.3 Å². The monoisotopic (exact) mass is 856 g/mol. The van der Waals surface area contributed by atoms with Crippen LogP contribution in [0.2, 0.25) is 39.3 Å². The van der Waals surface area contributed by atoms with Crippen LogP contribution in [0, 0.1) is 14.3 Å². The maximum absolute atomic E-state index is 2.40. The quantitative estimate of drug-likeness (QED) is 0.153. The lowest BCUT2D eigenvalue weighted by Gasteiger charge is -2.16. The van der Waals surface area contributed by atoms with E-state index < -0.39 is 16.1 Å². The summed E-state index contributed by atoms with van der Waals surface area (Å²) in [5.41, 5.74) is 7.80. The van der Waals surface area contributed by atoms with E-state index in [1.54, 1.807) is 0 Å². The van der Waals surface area contributed by atoms with Crippen LogP contribution in [-0.4, -0.2) is 16.1 Å². The molecular formula is C42H42I2Si2+2. The smallest absolute Gasteiger partial charge is 0.0656 e. The van der Waals surface area contributed by atoms with E-state index in [1.807, 2.05) is 0 Å². The molecule has 0 saturated heterocycles. The van der Waals surface area contributed by atoms with Crippen molar-refractivity contribution in [3.63, 3.8) is 0 Å². The van der Waals surface area contributed by atoms with Gasteiger partial charge in [-0.1, -0.05) is 98.2 Å². The Hall–Kier alpha value is -2.79. The maximum atomic E-state index is 2.40. The fraction of sp³-hybridized carbons (Fsp3) is 0.143. The molecule has 0 bridgehead atoms. The first-order chi connectivity index (χ1) is 22.0. The molecule has 6 aromatic rings. The van der Waals surface area contributed by atoms with Crippen LogP contribution in [0.5, 0.6) is 0 Å². The molecule has 0 aromatic heterocycles. The Balaban J connectivity index is 1.04. The molecule has 6 aromatic carbocycles. The van der Waals surface area contributed by atoms with Gasteiger partial charge in [-0.3, -0.25) is 0 Å². The molecular weight excluding hydrogens is 814 g/mol. The fourth-order valence-electron chi connectivity index (χ4n) is 5.40. The van der Waals surface area contributed by atoms with Crippen LogP contribution in [-0.2, 0) is 0 Å². The third-order valence-electron chi connectivity index (χ3n) is 8.32. The Labute approximate surface area is 298 Å². The van der Waals surface area contributed by atoms with Gasteiger partial charge >= 0.3 is 42.4 Å². The van der Waals surface area contributed by atoms with Gasteiger partial charge in [0.05, 0.1) is 16.1 Å². The normalized spacial score (nSPS) is 11.9. The van der Waals surface area contributed by atoms with Crippen molar-refractivity contribution in [1.29, 1.82) is 0 Å². The zero-order valence-corrected chi connectivity index (χ0v) is 33.9. The Morgan fingerprint density at radius 2 is 0.435 bits per heavy atom. The van der Waals surface area contributed by atoms with Crippen molar-refractivity contribution in [2.75, 3.05) is 0 Å². The molecule has 230 valence electrons. The van der Waals surface area contributed by atoms with E-state index in [1.165, 1.54) is 58.0 Å². The van der Waals surface area contributed by atoms with Gasteiger partial charge in [-0.25, -0.2) is 0 Å².